The molecule has 2 heterocycles. The fraction of sp³-hybridized carbons (Fsp3) is 0.278. The minimum atomic E-state index is -0.307. The first kappa shape index (κ1) is 17.3. The number of rotatable bonds is 6. The molecule has 0 fully saturated rings. The Morgan fingerprint density at radius 1 is 1.28 bits per heavy atom. The van der Waals surface area contributed by atoms with E-state index in [1.54, 1.807) is 12.3 Å². The molecule has 130 valence electrons. The Bertz CT molecular complexity index is 841. The van der Waals surface area contributed by atoms with Crippen molar-refractivity contribution < 1.29 is 9.21 Å². The number of carbonyl (C=O) groups is 1. The van der Waals surface area contributed by atoms with E-state index >= 15 is 0 Å². The van der Waals surface area contributed by atoms with Crippen molar-refractivity contribution in [2.45, 2.75) is 30.7 Å². The molecule has 1 aromatic carbocycles. The molecule has 0 aliphatic rings. The van der Waals surface area contributed by atoms with Crippen molar-refractivity contribution in [2.24, 2.45) is 7.05 Å². The Kier molecular flexibility index (Phi) is 5.23. The van der Waals surface area contributed by atoms with Crippen LogP contribution in [-0.2, 0) is 18.3 Å². The number of aryl methyl sites for hydroxylation is 1. The van der Waals surface area contributed by atoms with Crippen LogP contribution in [0.3, 0.4) is 0 Å². The minimum Gasteiger partial charge on any atom is -0.461 e. The van der Waals surface area contributed by atoms with Gasteiger partial charge in [0.15, 0.2) is 16.7 Å². The van der Waals surface area contributed by atoms with Crippen molar-refractivity contribution in [3.8, 4) is 11.6 Å². The van der Waals surface area contributed by atoms with E-state index in [2.05, 4.69) is 22.4 Å². The summed E-state index contributed by atoms with van der Waals surface area (Å²) in [4.78, 5) is 12.4. The molecule has 3 aromatic rings. The molecule has 3 rings (SSSR count). The topological polar surface area (TPSA) is 73.0 Å². The minimum absolute atomic E-state index is 0.0724. The van der Waals surface area contributed by atoms with Crippen molar-refractivity contribution in [1.29, 1.82) is 0 Å². The smallest absolute Gasteiger partial charge is 0.237 e. The first-order valence-corrected chi connectivity index (χ1v) is 8.96. The molecule has 0 unspecified atom stereocenters. The molecule has 6 nitrogen and oxygen atoms in total. The highest BCUT2D eigenvalue weighted by molar-refractivity contribution is 8.00. The zero-order valence-corrected chi connectivity index (χ0v) is 15.2. The lowest BCUT2D eigenvalue weighted by atomic mass is 10.1. The summed E-state index contributed by atoms with van der Waals surface area (Å²) >= 11 is 1.36. The Hall–Kier alpha value is -2.54. The predicted molar refractivity (Wildman–Crippen MR) is 98.5 cm³/mol. The molecular weight excluding hydrogens is 336 g/mol. The summed E-state index contributed by atoms with van der Waals surface area (Å²) in [5.41, 5.74) is 2.04. The Morgan fingerprint density at radius 2 is 2.04 bits per heavy atom. The maximum atomic E-state index is 12.4. The highest BCUT2D eigenvalue weighted by Crippen LogP contribution is 2.26. The zero-order valence-electron chi connectivity index (χ0n) is 14.4. The number of aromatic nitrogens is 3. The summed E-state index contributed by atoms with van der Waals surface area (Å²) in [5, 5.41) is 11.6. The van der Waals surface area contributed by atoms with E-state index in [1.165, 1.54) is 17.3 Å². The van der Waals surface area contributed by atoms with E-state index < -0.39 is 0 Å². The summed E-state index contributed by atoms with van der Waals surface area (Å²) in [6, 6.07) is 11.5. The molecule has 25 heavy (non-hydrogen) atoms. The van der Waals surface area contributed by atoms with E-state index in [4.69, 9.17) is 4.42 Å². The van der Waals surface area contributed by atoms with E-state index in [1.807, 2.05) is 48.9 Å². The van der Waals surface area contributed by atoms with Crippen LogP contribution in [0.5, 0.6) is 0 Å². The molecule has 0 saturated carbocycles. The Labute approximate surface area is 150 Å². The van der Waals surface area contributed by atoms with Gasteiger partial charge >= 0.3 is 0 Å². The fourth-order valence-corrected chi connectivity index (χ4v) is 3.13. The molecule has 7 heteroatoms. The molecule has 0 radical (unpaired) electrons. The Morgan fingerprint density at radius 3 is 2.68 bits per heavy atom. The summed E-state index contributed by atoms with van der Waals surface area (Å²) < 4.78 is 7.17. The maximum Gasteiger partial charge on any atom is 0.237 e. The van der Waals surface area contributed by atoms with E-state index in [0.29, 0.717) is 16.7 Å². The summed E-state index contributed by atoms with van der Waals surface area (Å²) in [7, 11) is 1.86. The number of thioether (sulfide) groups is 1. The van der Waals surface area contributed by atoms with Gasteiger partial charge in [0.1, 0.15) is 0 Å². The summed E-state index contributed by atoms with van der Waals surface area (Å²) in [6.45, 7) is 3.95. The predicted octanol–water partition coefficient (Wildman–Crippen LogP) is 3.76. The van der Waals surface area contributed by atoms with Crippen molar-refractivity contribution in [3.63, 3.8) is 0 Å². The van der Waals surface area contributed by atoms with Gasteiger partial charge in [-0.05, 0) is 43.2 Å². The van der Waals surface area contributed by atoms with Gasteiger partial charge in [-0.1, -0.05) is 30.8 Å². The van der Waals surface area contributed by atoms with Gasteiger partial charge in [-0.25, -0.2) is 0 Å². The van der Waals surface area contributed by atoms with Crippen LogP contribution >= 0.6 is 11.8 Å². The lowest BCUT2D eigenvalue weighted by Gasteiger charge is -2.12. The molecule has 0 aliphatic heterocycles. The lowest BCUT2D eigenvalue weighted by molar-refractivity contribution is -0.115. The second kappa shape index (κ2) is 7.57. The molecule has 0 spiro atoms. The molecule has 0 bridgehead atoms. The van der Waals surface area contributed by atoms with Crippen LogP contribution in [-0.4, -0.2) is 25.9 Å². The van der Waals surface area contributed by atoms with Crippen LogP contribution in [0, 0.1) is 0 Å². The van der Waals surface area contributed by atoms with Crippen molar-refractivity contribution in [2.75, 3.05) is 5.32 Å². The number of benzene rings is 1. The van der Waals surface area contributed by atoms with Crippen LogP contribution in [0.1, 0.15) is 19.4 Å². The number of nitrogens with one attached hydrogen (secondary N) is 1. The molecule has 0 aliphatic carbocycles. The SMILES string of the molecule is CCc1ccc(NC(=O)[C@@H](C)Sc2nnc(-c3ccco3)n2C)cc1. The van der Waals surface area contributed by atoms with Gasteiger partial charge in [-0.2, -0.15) is 0 Å². The summed E-state index contributed by atoms with van der Waals surface area (Å²) in [6.07, 6.45) is 2.57. The van der Waals surface area contributed by atoms with Gasteiger partial charge < -0.3 is 14.3 Å². The Balaban J connectivity index is 1.65. The average Bonchev–Trinajstić information content (AvgIpc) is 3.26. The standard InChI is InChI=1S/C18H20N4O2S/c1-4-13-7-9-14(10-8-13)19-17(23)12(2)25-18-21-20-16(22(18)3)15-6-5-11-24-15/h5-12H,4H2,1-3H3,(H,19,23)/t12-/m1/s1. The third-order valence-corrected chi connectivity index (χ3v) is 4.99. The van der Waals surface area contributed by atoms with Crippen LogP contribution in [0.2, 0.25) is 0 Å². The molecule has 1 amide bonds. The van der Waals surface area contributed by atoms with E-state index in [0.717, 1.165) is 12.1 Å². The van der Waals surface area contributed by atoms with Crippen LogP contribution in [0.15, 0.2) is 52.2 Å². The molecule has 2 aromatic heterocycles. The van der Waals surface area contributed by atoms with Crippen molar-refractivity contribution in [1.82, 2.24) is 14.8 Å². The third-order valence-electron chi connectivity index (χ3n) is 3.86. The second-order valence-electron chi connectivity index (χ2n) is 5.64. The zero-order chi connectivity index (χ0) is 17.8. The number of amides is 1. The monoisotopic (exact) mass is 356 g/mol. The van der Waals surface area contributed by atoms with Gasteiger partial charge in [0.2, 0.25) is 5.91 Å². The van der Waals surface area contributed by atoms with Crippen LogP contribution in [0.4, 0.5) is 5.69 Å². The third kappa shape index (κ3) is 3.93. The highest BCUT2D eigenvalue weighted by atomic mass is 32.2. The van der Waals surface area contributed by atoms with E-state index in [-0.39, 0.29) is 11.2 Å². The van der Waals surface area contributed by atoms with Crippen LogP contribution in [0.25, 0.3) is 11.6 Å². The van der Waals surface area contributed by atoms with Crippen LogP contribution < -0.4 is 5.32 Å². The fourth-order valence-electron chi connectivity index (χ4n) is 2.32. The van der Waals surface area contributed by atoms with Gasteiger partial charge in [-0.15, -0.1) is 10.2 Å². The number of hydrogen-bond acceptors (Lipinski definition) is 5. The van der Waals surface area contributed by atoms with Gasteiger partial charge in [0.05, 0.1) is 11.5 Å². The highest BCUT2D eigenvalue weighted by Gasteiger charge is 2.20. The van der Waals surface area contributed by atoms with Crippen molar-refractivity contribution in [3.05, 3.63) is 48.2 Å². The number of furan rings is 1. The largest absolute Gasteiger partial charge is 0.461 e. The van der Waals surface area contributed by atoms with Gasteiger partial charge in [-0.3, -0.25) is 4.79 Å². The molecule has 1 N–H and O–H groups in total. The number of nitrogens with zero attached hydrogens (tertiary/aromatic N) is 3. The molecule has 0 saturated heterocycles. The number of anilines is 1. The van der Waals surface area contributed by atoms with Gasteiger partial charge in [0.25, 0.3) is 0 Å². The van der Waals surface area contributed by atoms with E-state index in [9.17, 15) is 4.79 Å². The average molecular weight is 356 g/mol. The normalized spacial score (nSPS) is 12.1. The summed E-state index contributed by atoms with van der Waals surface area (Å²) in [5.74, 6) is 1.21. The first-order chi connectivity index (χ1) is 12.1. The number of hydrogen-bond donors (Lipinski definition) is 1. The lowest BCUT2D eigenvalue weighted by Crippen LogP contribution is -2.22. The molecular formula is C18H20N4O2S. The second-order valence-corrected chi connectivity index (χ2v) is 6.95. The molecule has 1 atom stereocenters. The van der Waals surface area contributed by atoms with Gasteiger partial charge in [0, 0.05) is 12.7 Å². The maximum absolute atomic E-state index is 12.4. The first-order valence-electron chi connectivity index (χ1n) is 8.08. The quantitative estimate of drug-likeness (QED) is 0.681. The number of carbonyl (C=O) groups excluding carboxylic acids is 1. The van der Waals surface area contributed by atoms with Crippen molar-refractivity contribution >= 4 is 23.4 Å².